The Morgan fingerprint density at radius 2 is 2.29 bits per heavy atom. The number of amides is 2. The van der Waals surface area contributed by atoms with Crippen LogP contribution in [-0.4, -0.2) is 46.9 Å². The summed E-state index contributed by atoms with van der Waals surface area (Å²) in [5.74, 6) is -0.268. The number of rotatable bonds is 4. The maximum absolute atomic E-state index is 12.8. The van der Waals surface area contributed by atoms with Gasteiger partial charge in [0.15, 0.2) is 0 Å². The third-order valence-corrected chi connectivity index (χ3v) is 3.71. The average Bonchev–Trinajstić information content (AvgIpc) is 2.47. The Kier molecular flexibility index (Phi) is 4.45. The Bertz CT molecular complexity index is 542. The van der Waals surface area contributed by atoms with Crippen molar-refractivity contribution in [3.05, 3.63) is 24.0 Å². The highest BCUT2D eigenvalue weighted by Crippen LogP contribution is 2.23. The van der Waals surface area contributed by atoms with Crippen molar-refractivity contribution in [1.29, 1.82) is 0 Å². The van der Waals surface area contributed by atoms with Crippen molar-refractivity contribution in [3.8, 4) is 0 Å². The molecule has 0 bridgehead atoms. The summed E-state index contributed by atoms with van der Waals surface area (Å²) in [4.78, 5) is 30.5. The number of aromatic nitrogens is 1. The van der Waals surface area contributed by atoms with Crippen LogP contribution in [0.25, 0.3) is 0 Å². The van der Waals surface area contributed by atoms with Crippen LogP contribution in [0.3, 0.4) is 0 Å². The van der Waals surface area contributed by atoms with Crippen molar-refractivity contribution in [1.82, 2.24) is 15.2 Å². The largest absolute Gasteiger partial charge is 0.383 e. The van der Waals surface area contributed by atoms with Gasteiger partial charge in [-0.1, -0.05) is 6.92 Å². The molecule has 0 saturated carbocycles. The molecule has 0 radical (unpaired) electrons. The normalized spacial score (nSPS) is 17.3. The first-order valence-corrected chi connectivity index (χ1v) is 7.26. The number of hydrogen-bond acceptors (Lipinski definition) is 4. The lowest BCUT2D eigenvalue weighted by Gasteiger charge is -2.41. The smallest absolute Gasteiger partial charge is 0.257 e. The van der Waals surface area contributed by atoms with E-state index in [2.05, 4.69) is 22.5 Å². The topological polar surface area (TPSA) is 74.3 Å². The van der Waals surface area contributed by atoms with Gasteiger partial charge in [-0.15, -0.1) is 0 Å². The summed E-state index contributed by atoms with van der Waals surface area (Å²) < 4.78 is 0. The summed E-state index contributed by atoms with van der Waals surface area (Å²) >= 11 is 0. The Labute approximate surface area is 124 Å². The molecule has 2 N–H and O–H groups in total. The SMILES string of the molecule is CCCNc1cnccc1C(=O)N1CCNC(=O)C1(C)C. The van der Waals surface area contributed by atoms with Gasteiger partial charge in [-0.25, -0.2) is 0 Å². The van der Waals surface area contributed by atoms with Crippen LogP contribution < -0.4 is 10.6 Å². The van der Waals surface area contributed by atoms with E-state index in [9.17, 15) is 9.59 Å². The summed E-state index contributed by atoms with van der Waals surface area (Å²) in [6, 6.07) is 1.70. The molecule has 1 aromatic rings. The number of carbonyl (C=O) groups is 2. The van der Waals surface area contributed by atoms with E-state index in [1.165, 1.54) is 0 Å². The molecular weight excluding hydrogens is 268 g/mol. The minimum absolute atomic E-state index is 0.126. The van der Waals surface area contributed by atoms with Crippen LogP contribution in [0.5, 0.6) is 0 Å². The second kappa shape index (κ2) is 6.11. The Morgan fingerprint density at radius 3 is 3.00 bits per heavy atom. The lowest BCUT2D eigenvalue weighted by atomic mass is 9.97. The lowest BCUT2D eigenvalue weighted by molar-refractivity contribution is -0.133. The van der Waals surface area contributed by atoms with Crippen molar-refractivity contribution in [3.63, 3.8) is 0 Å². The zero-order valence-corrected chi connectivity index (χ0v) is 12.8. The molecule has 0 atom stereocenters. The molecule has 1 saturated heterocycles. The number of pyridine rings is 1. The van der Waals surface area contributed by atoms with Gasteiger partial charge >= 0.3 is 0 Å². The van der Waals surface area contributed by atoms with Crippen molar-refractivity contribution < 1.29 is 9.59 Å². The highest BCUT2D eigenvalue weighted by molar-refractivity contribution is 6.03. The molecule has 2 amide bonds. The molecule has 2 heterocycles. The minimum atomic E-state index is -0.847. The van der Waals surface area contributed by atoms with Crippen molar-refractivity contribution in [2.45, 2.75) is 32.7 Å². The third kappa shape index (κ3) is 2.99. The summed E-state index contributed by atoms with van der Waals surface area (Å²) in [5, 5.41) is 6.01. The quantitative estimate of drug-likeness (QED) is 0.875. The zero-order chi connectivity index (χ0) is 15.5. The van der Waals surface area contributed by atoms with Gasteiger partial charge < -0.3 is 15.5 Å². The molecule has 2 rings (SSSR count). The van der Waals surface area contributed by atoms with Crippen LogP contribution >= 0.6 is 0 Å². The average molecular weight is 290 g/mol. The van der Waals surface area contributed by atoms with Crippen LogP contribution in [0.2, 0.25) is 0 Å². The van der Waals surface area contributed by atoms with E-state index in [0.29, 0.717) is 24.3 Å². The third-order valence-electron chi connectivity index (χ3n) is 3.71. The Hall–Kier alpha value is -2.11. The van der Waals surface area contributed by atoms with E-state index in [4.69, 9.17) is 0 Å². The van der Waals surface area contributed by atoms with Crippen LogP contribution in [0.15, 0.2) is 18.5 Å². The molecule has 0 aliphatic carbocycles. The molecule has 114 valence electrons. The number of hydrogen-bond donors (Lipinski definition) is 2. The molecule has 1 aliphatic heterocycles. The highest BCUT2D eigenvalue weighted by Gasteiger charge is 2.41. The summed E-state index contributed by atoms with van der Waals surface area (Å²) in [6.07, 6.45) is 4.21. The number of nitrogens with one attached hydrogen (secondary N) is 2. The fourth-order valence-electron chi connectivity index (χ4n) is 2.38. The summed E-state index contributed by atoms with van der Waals surface area (Å²) in [5.41, 5.74) is 0.424. The van der Waals surface area contributed by atoms with E-state index in [1.54, 1.807) is 37.2 Å². The maximum atomic E-state index is 12.8. The Balaban J connectivity index is 2.29. The number of anilines is 1. The first kappa shape index (κ1) is 15.3. The number of nitrogens with zero attached hydrogens (tertiary/aromatic N) is 2. The maximum Gasteiger partial charge on any atom is 0.257 e. The monoisotopic (exact) mass is 290 g/mol. The fourth-order valence-corrected chi connectivity index (χ4v) is 2.38. The second-order valence-electron chi connectivity index (χ2n) is 5.62. The van der Waals surface area contributed by atoms with Gasteiger partial charge in [0, 0.05) is 25.8 Å². The molecule has 0 spiro atoms. The summed E-state index contributed by atoms with van der Waals surface area (Å²) in [6.45, 7) is 7.35. The molecular formula is C15H22N4O2. The molecule has 6 nitrogen and oxygen atoms in total. The molecule has 0 aromatic carbocycles. The molecule has 6 heteroatoms. The van der Waals surface area contributed by atoms with Gasteiger partial charge in [0.2, 0.25) is 5.91 Å². The molecule has 21 heavy (non-hydrogen) atoms. The van der Waals surface area contributed by atoms with Crippen LogP contribution in [0.4, 0.5) is 5.69 Å². The van der Waals surface area contributed by atoms with E-state index < -0.39 is 5.54 Å². The van der Waals surface area contributed by atoms with E-state index in [0.717, 1.165) is 13.0 Å². The predicted molar refractivity (Wildman–Crippen MR) is 81.1 cm³/mol. The standard InChI is InChI=1S/C15H22N4O2/c1-4-6-17-12-10-16-7-5-11(12)13(20)19-9-8-18-14(21)15(19,2)3/h5,7,10,17H,4,6,8-9H2,1-3H3,(H,18,21). The van der Waals surface area contributed by atoms with Gasteiger partial charge in [0.25, 0.3) is 5.91 Å². The van der Waals surface area contributed by atoms with Gasteiger partial charge in [0.1, 0.15) is 5.54 Å². The van der Waals surface area contributed by atoms with Gasteiger partial charge in [0.05, 0.1) is 17.4 Å². The van der Waals surface area contributed by atoms with Crippen molar-refractivity contribution in [2.75, 3.05) is 25.0 Å². The highest BCUT2D eigenvalue weighted by atomic mass is 16.2. The van der Waals surface area contributed by atoms with Crippen LogP contribution in [0.1, 0.15) is 37.6 Å². The van der Waals surface area contributed by atoms with Gasteiger partial charge in [-0.05, 0) is 26.3 Å². The van der Waals surface area contributed by atoms with Gasteiger partial charge in [-0.3, -0.25) is 14.6 Å². The van der Waals surface area contributed by atoms with Crippen molar-refractivity contribution >= 4 is 17.5 Å². The van der Waals surface area contributed by atoms with E-state index >= 15 is 0 Å². The molecule has 0 unspecified atom stereocenters. The first-order chi connectivity index (χ1) is 9.98. The van der Waals surface area contributed by atoms with Crippen LogP contribution in [0, 0.1) is 0 Å². The molecule has 1 aliphatic rings. The lowest BCUT2D eigenvalue weighted by Crippen LogP contribution is -2.63. The van der Waals surface area contributed by atoms with Crippen molar-refractivity contribution in [2.24, 2.45) is 0 Å². The predicted octanol–water partition coefficient (Wildman–Crippen LogP) is 1.25. The zero-order valence-electron chi connectivity index (χ0n) is 12.8. The first-order valence-electron chi connectivity index (χ1n) is 7.26. The van der Waals surface area contributed by atoms with Gasteiger partial charge in [-0.2, -0.15) is 0 Å². The minimum Gasteiger partial charge on any atom is -0.383 e. The fraction of sp³-hybridized carbons (Fsp3) is 0.533. The number of piperazine rings is 1. The van der Waals surface area contributed by atoms with E-state index in [-0.39, 0.29) is 11.8 Å². The molecule has 1 fully saturated rings. The van der Waals surface area contributed by atoms with E-state index in [1.807, 2.05) is 0 Å². The number of carbonyl (C=O) groups excluding carboxylic acids is 2. The van der Waals surface area contributed by atoms with Crippen LogP contribution in [-0.2, 0) is 4.79 Å². The molecule has 1 aromatic heterocycles. The summed E-state index contributed by atoms with van der Waals surface area (Å²) in [7, 11) is 0. The Morgan fingerprint density at radius 1 is 1.52 bits per heavy atom. The second-order valence-corrected chi connectivity index (χ2v) is 5.62.